The highest BCUT2D eigenvalue weighted by Gasteiger charge is 2.19. The van der Waals surface area contributed by atoms with Crippen molar-refractivity contribution in [2.75, 3.05) is 6.54 Å². The van der Waals surface area contributed by atoms with E-state index in [0.717, 1.165) is 25.8 Å². The Hall–Kier alpha value is -0.800. The molecule has 90 valence electrons. The van der Waals surface area contributed by atoms with E-state index >= 15 is 0 Å². The zero-order valence-electron chi connectivity index (χ0n) is 9.29. The van der Waals surface area contributed by atoms with Crippen LogP contribution in [-0.4, -0.2) is 11.7 Å². The first-order chi connectivity index (χ1) is 7.18. The number of rotatable bonds is 1. The third-order valence-corrected chi connectivity index (χ3v) is 2.98. The van der Waals surface area contributed by atoms with Crippen molar-refractivity contribution in [3.8, 4) is 5.75 Å². The molecule has 0 aromatic heterocycles. The molecular weight excluding hydrogens is 229 g/mol. The fraction of sp³-hybridized carbons (Fsp3) is 0.500. The minimum atomic E-state index is -0.271. The molecule has 0 saturated carbocycles. The Morgan fingerprint density at radius 3 is 2.75 bits per heavy atom. The number of hydrogen-bond acceptors (Lipinski definition) is 2. The number of hydrogen-bond donors (Lipinski definition) is 2. The highest BCUT2D eigenvalue weighted by molar-refractivity contribution is 5.85. The van der Waals surface area contributed by atoms with Crippen molar-refractivity contribution in [1.29, 1.82) is 0 Å². The first kappa shape index (κ1) is 13.3. The lowest BCUT2D eigenvalue weighted by molar-refractivity contribution is 0.387. The van der Waals surface area contributed by atoms with Gasteiger partial charge >= 0.3 is 0 Å². The van der Waals surface area contributed by atoms with Gasteiger partial charge in [0, 0.05) is 11.6 Å². The zero-order valence-corrected chi connectivity index (χ0v) is 10.1. The van der Waals surface area contributed by atoms with E-state index in [4.69, 9.17) is 0 Å². The van der Waals surface area contributed by atoms with Crippen LogP contribution < -0.4 is 5.32 Å². The molecular formula is C12H17ClFNO. The minimum Gasteiger partial charge on any atom is -0.507 e. The highest BCUT2D eigenvalue weighted by atomic mass is 35.5. The first-order valence-corrected chi connectivity index (χ1v) is 5.41. The summed E-state index contributed by atoms with van der Waals surface area (Å²) in [5.74, 6) is -0.0385. The number of piperidine rings is 1. The molecule has 1 saturated heterocycles. The van der Waals surface area contributed by atoms with E-state index in [9.17, 15) is 9.50 Å². The fourth-order valence-electron chi connectivity index (χ4n) is 2.14. The number of halogens is 2. The van der Waals surface area contributed by atoms with Gasteiger partial charge in [-0.25, -0.2) is 4.39 Å². The standard InChI is InChI=1S/C12H16FNO.ClH/c1-8-6-9(13)7-10(12(8)15)11-4-2-3-5-14-11;/h6-7,11,14-15H,2-5H2,1H3;1H/t11-;/m1./s1. The molecule has 16 heavy (non-hydrogen) atoms. The Bertz CT molecular complexity index is 364. The summed E-state index contributed by atoms with van der Waals surface area (Å²) < 4.78 is 13.2. The van der Waals surface area contributed by atoms with Crippen molar-refractivity contribution in [2.24, 2.45) is 0 Å². The quantitative estimate of drug-likeness (QED) is 0.797. The topological polar surface area (TPSA) is 32.3 Å². The Balaban J connectivity index is 0.00000128. The summed E-state index contributed by atoms with van der Waals surface area (Å²) in [6.45, 7) is 2.67. The molecule has 0 aliphatic carbocycles. The Kier molecular flexibility index (Phi) is 4.56. The maximum atomic E-state index is 13.2. The maximum absolute atomic E-state index is 13.2. The maximum Gasteiger partial charge on any atom is 0.124 e. The second kappa shape index (κ2) is 5.51. The van der Waals surface area contributed by atoms with Crippen LogP contribution in [0.3, 0.4) is 0 Å². The van der Waals surface area contributed by atoms with Crippen LogP contribution in [0, 0.1) is 12.7 Å². The zero-order chi connectivity index (χ0) is 10.8. The van der Waals surface area contributed by atoms with E-state index in [1.54, 1.807) is 6.92 Å². The van der Waals surface area contributed by atoms with Gasteiger partial charge in [-0.2, -0.15) is 0 Å². The minimum absolute atomic E-state index is 0. The summed E-state index contributed by atoms with van der Waals surface area (Å²) in [6.07, 6.45) is 3.26. The van der Waals surface area contributed by atoms with Crippen LogP contribution >= 0.6 is 12.4 Å². The lowest BCUT2D eigenvalue weighted by Crippen LogP contribution is -2.27. The summed E-state index contributed by atoms with van der Waals surface area (Å²) in [4.78, 5) is 0. The molecule has 2 N–H and O–H groups in total. The van der Waals surface area contributed by atoms with Crippen LogP contribution in [0.4, 0.5) is 4.39 Å². The summed E-state index contributed by atoms with van der Waals surface area (Å²) in [5.41, 5.74) is 1.31. The van der Waals surface area contributed by atoms with E-state index in [2.05, 4.69) is 5.32 Å². The molecule has 2 nitrogen and oxygen atoms in total. The third kappa shape index (κ3) is 2.66. The number of phenolic OH excluding ortho intramolecular Hbond substituents is 1. The van der Waals surface area contributed by atoms with Crippen LogP contribution in [0.15, 0.2) is 12.1 Å². The second-order valence-electron chi connectivity index (χ2n) is 4.16. The SMILES string of the molecule is Cc1cc(F)cc([C@H]2CCCCN2)c1O.Cl. The van der Waals surface area contributed by atoms with Crippen molar-refractivity contribution in [1.82, 2.24) is 5.32 Å². The largest absolute Gasteiger partial charge is 0.507 e. The normalized spacial score (nSPS) is 20.2. The van der Waals surface area contributed by atoms with Gasteiger partial charge in [0.25, 0.3) is 0 Å². The van der Waals surface area contributed by atoms with Crippen molar-refractivity contribution in [2.45, 2.75) is 32.2 Å². The molecule has 1 atom stereocenters. The van der Waals surface area contributed by atoms with Crippen LogP contribution in [0.25, 0.3) is 0 Å². The van der Waals surface area contributed by atoms with Gasteiger partial charge in [-0.1, -0.05) is 6.42 Å². The van der Waals surface area contributed by atoms with Gasteiger partial charge in [0.1, 0.15) is 11.6 Å². The Morgan fingerprint density at radius 1 is 1.38 bits per heavy atom. The first-order valence-electron chi connectivity index (χ1n) is 5.41. The molecule has 0 radical (unpaired) electrons. The molecule has 2 rings (SSSR count). The van der Waals surface area contributed by atoms with Gasteiger partial charge in [0.15, 0.2) is 0 Å². The number of aryl methyl sites for hydroxylation is 1. The number of phenols is 1. The number of benzene rings is 1. The molecule has 0 bridgehead atoms. The summed E-state index contributed by atoms with van der Waals surface area (Å²) >= 11 is 0. The predicted octanol–water partition coefficient (Wildman–Crippen LogP) is 3.08. The molecule has 1 heterocycles. The van der Waals surface area contributed by atoms with E-state index in [1.807, 2.05) is 0 Å². The van der Waals surface area contributed by atoms with Crippen LogP contribution in [0.1, 0.15) is 36.4 Å². The van der Waals surface area contributed by atoms with Crippen molar-refractivity contribution >= 4 is 12.4 Å². The lowest BCUT2D eigenvalue weighted by Gasteiger charge is -2.25. The van der Waals surface area contributed by atoms with E-state index in [-0.39, 0.29) is 30.0 Å². The molecule has 0 unspecified atom stereocenters. The highest BCUT2D eigenvalue weighted by Crippen LogP contribution is 2.32. The molecule has 0 spiro atoms. The van der Waals surface area contributed by atoms with Crippen LogP contribution in [-0.2, 0) is 0 Å². The average molecular weight is 246 g/mol. The molecule has 1 aliphatic rings. The number of aromatic hydroxyl groups is 1. The van der Waals surface area contributed by atoms with Gasteiger partial charge in [-0.3, -0.25) is 0 Å². The summed E-state index contributed by atoms with van der Waals surface area (Å²) in [5, 5.41) is 13.2. The van der Waals surface area contributed by atoms with Gasteiger partial charge in [0.2, 0.25) is 0 Å². The average Bonchev–Trinajstić information content (AvgIpc) is 2.24. The molecule has 0 amide bonds. The van der Waals surface area contributed by atoms with Gasteiger partial charge in [-0.05, 0) is 44.0 Å². The molecule has 1 aromatic rings. The fourth-order valence-corrected chi connectivity index (χ4v) is 2.14. The van der Waals surface area contributed by atoms with Crippen molar-refractivity contribution in [3.63, 3.8) is 0 Å². The van der Waals surface area contributed by atoms with E-state index < -0.39 is 0 Å². The van der Waals surface area contributed by atoms with E-state index in [0.29, 0.717) is 11.1 Å². The van der Waals surface area contributed by atoms with Crippen LogP contribution in [0.2, 0.25) is 0 Å². The molecule has 1 fully saturated rings. The Labute approximate surface area is 101 Å². The summed E-state index contributed by atoms with van der Waals surface area (Å²) in [7, 11) is 0. The monoisotopic (exact) mass is 245 g/mol. The van der Waals surface area contributed by atoms with Gasteiger partial charge in [0.05, 0.1) is 0 Å². The number of nitrogens with one attached hydrogen (secondary N) is 1. The predicted molar refractivity (Wildman–Crippen MR) is 64.6 cm³/mol. The molecule has 4 heteroatoms. The van der Waals surface area contributed by atoms with Crippen LogP contribution in [0.5, 0.6) is 5.75 Å². The third-order valence-electron chi connectivity index (χ3n) is 2.98. The smallest absolute Gasteiger partial charge is 0.124 e. The Morgan fingerprint density at radius 2 is 2.12 bits per heavy atom. The molecule has 1 aromatic carbocycles. The van der Waals surface area contributed by atoms with Gasteiger partial charge in [-0.15, -0.1) is 12.4 Å². The second-order valence-corrected chi connectivity index (χ2v) is 4.16. The molecule has 1 aliphatic heterocycles. The van der Waals surface area contributed by atoms with Gasteiger partial charge < -0.3 is 10.4 Å². The van der Waals surface area contributed by atoms with Crippen molar-refractivity contribution in [3.05, 3.63) is 29.1 Å². The van der Waals surface area contributed by atoms with Crippen molar-refractivity contribution < 1.29 is 9.50 Å². The lowest BCUT2D eigenvalue weighted by atomic mass is 9.95. The summed E-state index contributed by atoms with van der Waals surface area (Å²) in [6, 6.07) is 2.90. The van der Waals surface area contributed by atoms with E-state index in [1.165, 1.54) is 12.1 Å².